The van der Waals surface area contributed by atoms with Gasteiger partial charge in [0, 0.05) is 31.1 Å². The average Bonchev–Trinajstić information content (AvgIpc) is 2.33. The average molecular weight is 295 g/mol. The zero-order valence-corrected chi connectivity index (χ0v) is 12.8. The van der Waals surface area contributed by atoms with Crippen molar-refractivity contribution < 1.29 is 8.42 Å². The summed E-state index contributed by atoms with van der Waals surface area (Å²) in [6, 6.07) is 0.132. The van der Waals surface area contributed by atoms with Crippen molar-refractivity contribution in [2.45, 2.75) is 50.9 Å². The van der Waals surface area contributed by atoms with Crippen LogP contribution in [-0.2, 0) is 10.2 Å². The Bertz CT molecular complexity index is 388. The molecule has 0 bridgehead atoms. The van der Waals surface area contributed by atoms with Gasteiger partial charge >= 0.3 is 0 Å². The summed E-state index contributed by atoms with van der Waals surface area (Å²) in [5.41, 5.74) is 0. The van der Waals surface area contributed by atoms with Crippen molar-refractivity contribution in [2.75, 3.05) is 19.6 Å². The minimum absolute atomic E-state index is 0.107. The van der Waals surface area contributed by atoms with Gasteiger partial charge in [-0.25, -0.2) is 0 Å². The second-order valence-electron chi connectivity index (χ2n) is 5.60. The normalized spacial score (nSPS) is 36.7. The van der Waals surface area contributed by atoms with Gasteiger partial charge in [-0.15, -0.1) is 11.6 Å². The molecule has 0 radical (unpaired) electrons. The van der Waals surface area contributed by atoms with Crippen molar-refractivity contribution in [1.29, 1.82) is 0 Å². The van der Waals surface area contributed by atoms with Crippen LogP contribution in [0, 0.1) is 5.92 Å². The van der Waals surface area contributed by atoms with Crippen LogP contribution in [0.2, 0.25) is 0 Å². The molecule has 18 heavy (non-hydrogen) atoms. The zero-order chi connectivity index (χ0) is 13.3. The van der Waals surface area contributed by atoms with E-state index in [-0.39, 0.29) is 17.3 Å². The van der Waals surface area contributed by atoms with Crippen LogP contribution in [0.5, 0.6) is 0 Å². The molecule has 0 spiro atoms. The number of rotatable bonds is 2. The lowest BCUT2D eigenvalue weighted by atomic mass is 10.0. The van der Waals surface area contributed by atoms with Gasteiger partial charge in [-0.1, -0.05) is 13.3 Å². The Kier molecular flexibility index (Phi) is 4.57. The SMILES string of the molecule is CC1CN(S(=O)(=O)N2CCCCC2C)CCC1Cl. The van der Waals surface area contributed by atoms with E-state index in [0.29, 0.717) is 19.6 Å². The van der Waals surface area contributed by atoms with Gasteiger partial charge in [-0.3, -0.25) is 0 Å². The van der Waals surface area contributed by atoms with Crippen molar-refractivity contribution in [3.63, 3.8) is 0 Å². The molecule has 0 aromatic carbocycles. The van der Waals surface area contributed by atoms with Gasteiger partial charge in [0.05, 0.1) is 0 Å². The highest BCUT2D eigenvalue weighted by molar-refractivity contribution is 7.86. The first-order valence-corrected chi connectivity index (χ1v) is 8.67. The van der Waals surface area contributed by atoms with Crippen LogP contribution in [0.4, 0.5) is 0 Å². The molecule has 2 aliphatic heterocycles. The Morgan fingerprint density at radius 3 is 2.44 bits per heavy atom. The number of alkyl halides is 1. The molecule has 3 unspecified atom stereocenters. The van der Waals surface area contributed by atoms with Crippen LogP contribution in [0.3, 0.4) is 0 Å². The van der Waals surface area contributed by atoms with E-state index in [0.717, 1.165) is 25.7 Å². The molecule has 0 amide bonds. The smallest absolute Gasteiger partial charge is 0.195 e. The molecule has 2 saturated heterocycles. The first-order chi connectivity index (χ1) is 8.43. The van der Waals surface area contributed by atoms with Crippen molar-refractivity contribution >= 4 is 21.8 Å². The van der Waals surface area contributed by atoms with E-state index in [9.17, 15) is 8.42 Å². The van der Waals surface area contributed by atoms with E-state index in [4.69, 9.17) is 11.6 Å². The van der Waals surface area contributed by atoms with Crippen LogP contribution in [0.25, 0.3) is 0 Å². The third-order valence-electron chi connectivity index (χ3n) is 4.13. The summed E-state index contributed by atoms with van der Waals surface area (Å²) in [7, 11) is -3.28. The van der Waals surface area contributed by atoms with Crippen LogP contribution in [-0.4, -0.2) is 48.1 Å². The zero-order valence-electron chi connectivity index (χ0n) is 11.2. The van der Waals surface area contributed by atoms with Crippen molar-refractivity contribution in [1.82, 2.24) is 8.61 Å². The summed E-state index contributed by atoms with van der Waals surface area (Å²) in [4.78, 5) is 0. The van der Waals surface area contributed by atoms with Gasteiger partial charge < -0.3 is 0 Å². The van der Waals surface area contributed by atoms with Gasteiger partial charge in [0.15, 0.2) is 0 Å². The lowest BCUT2D eigenvalue weighted by Crippen LogP contribution is -2.53. The second-order valence-corrected chi connectivity index (χ2v) is 8.04. The first kappa shape index (κ1) is 14.6. The molecule has 3 atom stereocenters. The van der Waals surface area contributed by atoms with E-state index >= 15 is 0 Å². The molecule has 2 aliphatic rings. The molecule has 4 nitrogen and oxygen atoms in total. The molecule has 6 heteroatoms. The van der Waals surface area contributed by atoms with Crippen LogP contribution < -0.4 is 0 Å². The molecule has 0 aliphatic carbocycles. The highest BCUT2D eigenvalue weighted by Gasteiger charge is 2.38. The van der Waals surface area contributed by atoms with Gasteiger partial charge in [0.25, 0.3) is 10.2 Å². The number of nitrogens with zero attached hydrogens (tertiary/aromatic N) is 2. The van der Waals surface area contributed by atoms with Crippen molar-refractivity contribution in [3.05, 3.63) is 0 Å². The highest BCUT2D eigenvalue weighted by atomic mass is 35.5. The van der Waals surface area contributed by atoms with Crippen molar-refractivity contribution in [3.8, 4) is 0 Å². The minimum atomic E-state index is -3.28. The molecular weight excluding hydrogens is 272 g/mol. The van der Waals surface area contributed by atoms with E-state index in [1.165, 1.54) is 0 Å². The standard InChI is InChI=1S/C12H23ClN2O2S/c1-10-9-14(8-6-12(10)13)18(16,17)15-7-4-3-5-11(15)2/h10-12H,3-9H2,1-2H3. The Balaban J connectivity index is 2.10. The number of hydrogen-bond donors (Lipinski definition) is 0. The van der Waals surface area contributed by atoms with E-state index in [2.05, 4.69) is 0 Å². The molecule has 2 fully saturated rings. The predicted molar refractivity (Wildman–Crippen MR) is 73.9 cm³/mol. The summed E-state index contributed by atoms with van der Waals surface area (Å²) in [5, 5.41) is 0.107. The maximum Gasteiger partial charge on any atom is 0.282 e. The monoisotopic (exact) mass is 294 g/mol. The molecule has 2 heterocycles. The topological polar surface area (TPSA) is 40.6 Å². The number of hydrogen-bond acceptors (Lipinski definition) is 2. The fourth-order valence-corrected chi connectivity index (χ4v) is 5.00. The molecule has 0 aromatic rings. The maximum absolute atomic E-state index is 12.6. The van der Waals surface area contributed by atoms with E-state index < -0.39 is 10.2 Å². The third kappa shape index (κ3) is 2.84. The molecular formula is C12H23ClN2O2S. The second kappa shape index (κ2) is 5.65. The summed E-state index contributed by atoms with van der Waals surface area (Å²) in [6.07, 6.45) is 3.84. The number of halogens is 1. The van der Waals surface area contributed by atoms with E-state index in [1.54, 1.807) is 8.61 Å². The Labute approximate surface area is 115 Å². The van der Waals surface area contributed by atoms with Crippen LogP contribution in [0.1, 0.15) is 39.5 Å². The Morgan fingerprint density at radius 1 is 1.11 bits per heavy atom. The fraction of sp³-hybridized carbons (Fsp3) is 1.00. The summed E-state index contributed by atoms with van der Waals surface area (Å²) < 4.78 is 28.5. The molecule has 2 rings (SSSR count). The Hall–Kier alpha value is 0.160. The molecule has 0 saturated carbocycles. The highest BCUT2D eigenvalue weighted by Crippen LogP contribution is 2.28. The van der Waals surface area contributed by atoms with Gasteiger partial charge in [-0.05, 0) is 32.1 Å². The lowest BCUT2D eigenvalue weighted by molar-refractivity contribution is 0.220. The fourth-order valence-electron chi connectivity index (χ4n) is 2.85. The summed E-state index contributed by atoms with van der Waals surface area (Å²) >= 11 is 6.16. The Morgan fingerprint density at radius 2 is 1.83 bits per heavy atom. The van der Waals surface area contributed by atoms with Gasteiger partial charge in [-0.2, -0.15) is 17.0 Å². The molecule has 106 valence electrons. The van der Waals surface area contributed by atoms with Gasteiger partial charge in [0.1, 0.15) is 0 Å². The van der Waals surface area contributed by atoms with Crippen LogP contribution >= 0.6 is 11.6 Å². The largest absolute Gasteiger partial charge is 0.282 e. The van der Waals surface area contributed by atoms with Gasteiger partial charge in [0.2, 0.25) is 0 Å². The maximum atomic E-state index is 12.6. The predicted octanol–water partition coefficient (Wildman–Crippen LogP) is 2.05. The quantitative estimate of drug-likeness (QED) is 0.732. The minimum Gasteiger partial charge on any atom is -0.195 e. The summed E-state index contributed by atoms with van der Waals surface area (Å²) in [6.45, 7) is 5.82. The first-order valence-electron chi connectivity index (χ1n) is 6.84. The van der Waals surface area contributed by atoms with Crippen molar-refractivity contribution in [2.24, 2.45) is 5.92 Å². The molecule has 0 N–H and O–H groups in total. The third-order valence-corrected chi connectivity index (χ3v) is 6.90. The lowest BCUT2D eigenvalue weighted by Gasteiger charge is -2.40. The van der Waals surface area contributed by atoms with E-state index in [1.807, 2.05) is 13.8 Å². The van der Waals surface area contributed by atoms with Crippen LogP contribution in [0.15, 0.2) is 0 Å². The summed E-state index contributed by atoms with van der Waals surface area (Å²) in [5.74, 6) is 0.232. The number of piperidine rings is 2. The molecule has 0 aromatic heterocycles.